The third-order valence-corrected chi connectivity index (χ3v) is 3.92. The molecule has 1 aliphatic heterocycles. The minimum Gasteiger partial charge on any atom is -0.469 e. The second kappa shape index (κ2) is 9.19. The second-order valence-electron chi connectivity index (χ2n) is 5.61. The maximum atomic E-state index is 12.1. The van der Waals surface area contributed by atoms with Gasteiger partial charge in [0.2, 0.25) is 5.91 Å². The average molecular weight is 307 g/mol. The largest absolute Gasteiger partial charge is 0.469 e. The van der Waals surface area contributed by atoms with Crippen molar-refractivity contribution in [3.8, 4) is 0 Å². The van der Waals surface area contributed by atoms with Crippen molar-refractivity contribution >= 4 is 24.3 Å². The van der Waals surface area contributed by atoms with Gasteiger partial charge in [-0.15, -0.1) is 12.4 Å². The number of hydrogen-bond donors (Lipinski definition) is 2. The molecule has 0 spiro atoms. The number of hydrogen-bond acceptors (Lipinski definition) is 4. The molecule has 118 valence electrons. The van der Waals surface area contributed by atoms with E-state index >= 15 is 0 Å². The fraction of sp³-hybridized carbons (Fsp3) is 0.857. The molecule has 0 aliphatic carbocycles. The Balaban J connectivity index is 0.00000361. The summed E-state index contributed by atoms with van der Waals surface area (Å²) in [6.45, 7) is 5.84. The lowest BCUT2D eigenvalue weighted by atomic mass is 9.91. The molecule has 0 aromatic carbocycles. The van der Waals surface area contributed by atoms with Gasteiger partial charge < -0.3 is 15.4 Å². The van der Waals surface area contributed by atoms with E-state index in [4.69, 9.17) is 0 Å². The van der Waals surface area contributed by atoms with E-state index in [1.54, 1.807) is 0 Å². The van der Waals surface area contributed by atoms with Crippen molar-refractivity contribution in [1.82, 2.24) is 10.6 Å². The van der Waals surface area contributed by atoms with Crippen LogP contribution in [-0.2, 0) is 14.3 Å². The standard InChI is InChI=1S/C14H26N2O3.ClH/c1-4-14(2,10-13(18)19-3)16-12(17)9-11-5-7-15-8-6-11;/h11,15H,4-10H2,1-3H3,(H,16,17);1H. The van der Waals surface area contributed by atoms with Crippen LogP contribution in [0.4, 0.5) is 0 Å². The number of nitrogens with one attached hydrogen (secondary N) is 2. The molecule has 1 atom stereocenters. The highest BCUT2D eigenvalue weighted by molar-refractivity contribution is 5.85. The molecule has 6 heteroatoms. The number of ether oxygens (including phenoxy) is 1. The van der Waals surface area contributed by atoms with Gasteiger partial charge in [-0.2, -0.15) is 0 Å². The Bertz CT molecular complexity index is 320. The van der Waals surface area contributed by atoms with E-state index in [0.717, 1.165) is 25.9 Å². The van der Waals surface area contributed by atoms with E-state index < -0.39 is 5.54 Å². The van der Waals surface area contributed by atoms with Crippen LogP contribution in [0, 0.1) is 5.92 Å². The Kier molecular flexibility index (Phi) is 8.81. The van der Waals surface area contributed by atoms with Crippen LogP contribution in [0.25, 0.3) is 0 Å². The van der Waals surface area contributed by atoms with Crippen molar-refractivity contribution in [3.63, 3.8) is 0 Å². The lowest BCUT2D eigenvalue weighted by Gasteiger charge is -2.30. The first-order valence-electron chi connectivity index (χ1n) is 7.07. The summed E-state index contributed by atoms with van der Waals surface area (Å²) in [5, 5.41) is 6.28. The molecule has 5 nitrogen and oxygen atoms in total. The molecule has 0 aromatic rings. The molecule has 1 heterocycles. The third kappa shape index (κ3) is 6.57. The van der Waals surface area contributed by atoms with E-state index in [2.05, 4.69) is 15.4 Å². The zero-order valence-electron chi connectivity index (χ0n) is 12.7. The summed E-state index contributed by atoms with van der Waals surface area (Å²) in [7, 11) is 1.37. The highest BCUT2D eigenvalue weighted by Gasteiger charge is 2.29. The van der Waals surface area contributed by atoms with Crippen molar-refractivity contribution in [2.75, 3.05) is 20.2 Å². The van der Waals surface area contributed by atoms with E-state index in [-0.39, 0.29) is 30.7 Å². The van der Waals surface area contributed by atoms with Gasteiger partial charge in [-0.25, -0.2) is 0 Å². The highest BCUT2D eigenvalue weighted by Crippen LogP contribution is 2.19. The number of esters is 1. The fourth-order valence-electron chi connectivity index (χ4n) is 2.38. The number of piperidine rings is 1. The van der Waals surface area contributed by atoms with Gasteiger partial charge in [0.1, 0.15) is 0 Å². The van der Waals surface area contributed by atoms with Gasteiger partial charge in [-0.1, -0.05) is 6.92 Å². The van der Waals surface area contributed by atoms with Gasteiger partial charge in [0.15, 0.2) is 0 Å². The van der Waals surface area contributed by atoms with E-state index in [1.807, 2.05) is 13.8 Å². The van der Waals surface area contributed by atoms with E-state index in [0.29, 0.717) is 18.8 Å². The van der Waals surface area contributed by atoms with Crippen LogP contribution in [0.15, 0.2) is 0 Å². The smallest absolute Gasteiger partial charge is 0.307 e. The number of halogens is 1. The SMILES string of the molecule is CCC(C)(CC(=O)OC)NC(=O)CC1CCNCC1.Cl. The Labute approximate surface area is 127 Å². The number of methoxy groups -OCH3 is 1. The topological polar surface area (TPSA) is 67.4 Å². The Hall–Kier alpha value is -0.810. The molecule has 0 bridgehead atoms. The van der Waals surface area contributed by atoms with Gasteiger partial charge in [-0.05, 0) is 45.2 Å². The molecular weight excluding hydrogens is 280 g/mol. The normalized spacial score (nSPS) is 18.6. The molecule has 0 aromatic heterocycles. The molecule has 1 rings (SSSR count). The van der Waals surface area contributed by atoms with Crippen molar-refractivity contribution in [2.45, 2.75) is 51.5 Å². The van der Waals surface area contributed by atoms with Crippen LogP contribution in [0.3, 0.4) is 0 Å². The van der Waals surface area contributed by atoms with Crippen LogP contribution in [0.1, 0.15) is 46.0 Å². The van der Waals surface area contributed by atoms with Crippen molar-refractivity contribution in [3.05, 3.63) is 0 Å². The van der Waals surface area contributed by atoms with Crippen LogP contribution in [-0.4, -0.2) is 37.6 Å². The van der Waals surface area contributed by atoms with Gasteiger partial charge in [0.05, 0.1) is 13.5 Å². The van der Waals surface area contributed by atoms with E-state index in [9.17, 15) is 9.59 Å². The lowest BCUT2D eigenvalue weighted by molar-refractivity contribution is -0.142. The minimum atomic E-state index is -0.503. The van der Waals surface area contributed by atoms with Crippen LogP contribution >= 0.6 is 12.4 Å². The van der Waals surface area contributed by atoms with Gasteiger partial charge in [-0.3, -0.25) is 9.59 Å². The van der Waals surface area contributed by atoms with Gasteiger partial charge in [0.25, 0.3) is 0 Å². The number of carbonyl (C=O) groups is 2. The van der Waals surface area contributed by atoms with Gasteiger partial charge in [0, 0.05) is 12.0 Å². The summed E-state index contributed by atoms with van der Waals surface area (Å²) in [4.78, 5) is 23.4. The summed E-state index contributed by atoms with van der Waals surface area (Å²) < 4.78 is 4.68. The van der Waals surface area contributed by atoms with Crippen LogP contribution < -0.4 is 10.6 Å². The molecule has 1 amide bonds. The zero-order chi connectivity index (χ0) is 14.3. The molecule has 2 N–H and O–H groups in total. The van der Waals surface area contributed by atoms with Gasteiger partial charge >= 0.3 is 5.97 Å². The Morgan fingerprint density at radius 1 is 1.35 bits per heavy atom. The second-order valence-corrected chi connectivity index (χ2v) is 5.61. The first-order chi connectivity index (χ1) is 8.99. The summed E-state index contributed by atoms with van der Waals surface area (Å²) in [5.74, 6) is 0.215. The molecular formula is C14H27ClN2O3. The highest BCUT2D eigenvalue weighted by atomic mass is 35.5. The first kappa shape index (κ1) is 19.2. The quantitative estimate of drug-likeness (QED) is 0.732. The average Bonchev–Trinajstić information content (AvgIpc) is 2.39. The Morgan fingerprint density at radius 3 is 2.45 bits per heavy atom. The molecule has 20 heavy (non-hydrogen) atoms. The molecule has 0 saturated carbocycles. The predicted octanol–water partition coefficient (Wildman–Crippen LogP) is 1.65. The van der Waals surface area contributed by atoms with Crippen LogP contribution in [0.2, 0.25) is 0 Å². The third-order valence-electron chi connectivity index (χ3n) is 3.92. The molecule has 1 aliphatic rings. The van der Waals surface area contributed by atoms with E-state index in [1.165, 1.54) is 7.11 Å². The lowest BCUT2D eigenvalue weighted by Crippen LogP contribution is -2.48. The number of amides is 1. The van der Waals surface area contributed by atoms with Crippen molar-refractivity contribution < 1.29 is 14.3 Å². The Morgan fingerprint density at radius 2 is 1.95 bits per heavy atom. The van der Waals surface area contributed by atoms with Crippen molar-refractivity contribution in [1.29, 1.82) is 0 Å². The molecule has 1 unspecified atom stereocenters. The molecule has 0 radical (unpaired) electrons. The minimum absolute atomic E-state index is 0. The summed E-state index contributed by atoms with van der Waals surface area (Å²) in [6.07, 6.45) is 3.58. The first-order valence-corrected chi connectivity index (χ1v) is 7.07. The molecule has 1 saturated heterocycles. The fourth-order valence-corrected chi connectivity index (χ4v) is 2.38. The molecule has 1 fully saturated rings. The summed E-state index contributed by atoms with van der Waals surface area (Å²) >= 11 is 0. The summed E-state index contributed by atoms with van der Waals surface area (Å²) in [5.41, 5.74) is -0.503. The number of rotatable bonds is 6. The predicted molar refractivity (Wildman–Crippen MR) is 80.9 cm³/mol. The summed E-state index contributed by atoms with van der Waals surface area (Å²) in [6, 6.07) is 0. The maximum Gasteiger partial charge on any atom is 0.307 e. The number of carbonyl (C=O) groups excluding carboxylic acids is 2. The maximum absolute atomic E-state index is 12.1. The monoisotopic (exact) mass is 306 g/mol. The van der Waals surface area contributed by atoms with Crippen LogP contribution in [0.5, 0.6) is 0 Å². The van der Waals surface area contributed by atoms with Crippen molar-refractivity contribution in [2.24, 2.45) is 5.92 Å². The zero-order valence-corrected chi connectivity index (χ0v) is 13.5.